The van der Waals surface area contributed by atoms with Crippen molar-refractivity contribution in [1.29, 1.82) is 0 Å². The quantitative estimate of drug-likeness (QED) is 0.420. The summed E-state index contributed by atoms with van der Waals surface area (Å²) in [6.45, 7) is 0.979. The molecule has 0 spiro atoms. The minimum atomic E-state index is -5.08. The molecule has 0 aromatic heterocycles. The number of hydrogen-bond acceptors (Lipinski definition) is 6. The molecule has 7 nitrogen and oxygen atoms in total. The van der Waals surface area contributed by atoms with Gasteiger partial charge in [0.1, 0.15) is 11.8 Å². The highest BCUT2D eigenvalue weighted by Crippen LogP contribution is 2.13. The molecule has 0 aliphatic rings. The van der Waals surface area contributed by atoms with Crippen LogP contribution in [0.1, 0.15) is 17.3 Å². The molecule has 0 saturated carbocycles. The summed E-state index contributed by atoms with van der Waals surface area (Å²) in [7, 11) is 0. The highest BCUT2D eigenvalue weighted by molar-refractivity contribution is 5.94. The lowest BCUT2D eigenvalue weighted by atomic mass is 10.1. The van der Waals surface area contributed by atoms with Crippen LogP contribution in [0.25, 0.3) is 0 Å². The molecule has 0 unspecified atom stereocenters. The van der Waals surface area contributed by atoms with Gasteiger partial charge in [0.2, 0.25) is 0 Å². The van der Waals surface area contributed by atoms with Crippen molar-refractivity contribution in [2.75, 3.05) is 6.61 Å². The molecule has 0 fully saturated rings. The third-order valence-corrected chi connectivity index (χ3v) is 2.22. The first-order valence-electron chi connectivity index (χ1n) is 5.98. The van der Waals surface area contributed by atoms with Crippen molar-refractivity contribution in [2.45, 2.75) is 19.1 Å². The van der Waals surface area contributed by atoms with E-state index in [1.54, 1.807) is 12.1 Å². The second-order valence-corrected chi connectivity index (χ2v) is 4.09. The summed E-state index contributed by atoms with van der Waals surface area (Å²) in [5.41, 5.74) is 5.80. The molecule has 10 heteroatoms. The Morgan fingerprint density at radius 1 is 1.22 bits per heavy atom. The number of aliphatic carboxylic acids is 1. The Morgan fingerprint density at radius 2 is 1.65 bits per heavy atom. The number of carbonyl (C=O) groups is 3. The number of esters is 1. The Morgan fingerprint density at radius 3 is 1.96 bits per heavy atom. The average molecular weight is 337 g/mol. The molecule has 1 aromatic carbocycles. The highest BCUT2D eigenvalue weighted by atomic mass is 19.4. The van der Waals surface area contributed by atoms with Gasteiger partial charge >= 0.3 is 18.1 Å². The fraction of sp³-hybridized carbons (Fsp3) is 0.308. The first-order valence-corrected chi connectivity index (χ1v) is 5.98. The van der Waals surface area contributed by atoms with E-state index in [2.05, 4.69) is 0 Å². The largest absolute Gasteiger partial charge is 0.490 e. The molecule has 23 heavy (non-hydrogen) atoms. The van der Waals surface area contributed by atoms with E-state index >= 15 is 0 Å². The van der Waals surface area contributed by atoms with Gasteiger partial charge in [-0.15, -0.1) is 0 Å². The maximum Gasteiger partial charge on any atom is 0.490 e. The number of ether oxygens (including phenoxy) is 1. The summed E-state index contributed by atoms with van der Waals surface area (Å²) >= 11 is 0. The van der Waals surface area contributed by atoms with Crippen LogP contribution in [0, 0.1) is 0 Å². The molecule has 128 valence electrons. The fourth-order valence-electron chi connectivity index (χ4n) is 1.02. The Kier molecular flexibility index (Phi) is 7.91. The van der Waals surface area contributed by atoms with Gasteiger partial charge in [0, 0.05) is 5.56 Å². The molecular weight excluding hydrogens is 323 g/mol. The number of aliphatic hydroxyl groups excluding tert-OH is 1. The van der Waals surface area contributed by atoms with Crippen LogP contribution < -0.4 is 10.5 Å². The lowest BCUT2D eigenvalue weighted by Crippen LogP contribution is -2.37. The van der Waals surface area contributed by atoms with Crippen molar-refractivity contribution in [3.8, 4) is 5.75 Å². The van der Waals surface area contributed by atoms with Gasteiger partial charge in [0.15, 0.2) is 5.78 Å². The van der Waals surface area contributed by atoms with E-state index in [-0.39, 0.29) is 5.78 Å². The third kappa shape index (κ3) is 7.93. The zero-order valence-electron chi connectivity index (χ0n) is 11.8. The normalized spacial score (nSPS) is 11.7. The van der Waals surface area contributed by atoms with Crippen molar-refractivity contribution in [3.05, 3.63) is 29.8 Å². The number of halogens is 3. The fourth-order valence-corrected chi connectivity index (χ4v) is 1.02. The van der Waals surface area contributed by atoms with Crippen molar-refractivity contribution in [3.63, 3.8) is 0 Å². The van der Waals surface area contributed by atoms with Gasteiger partial charge in [-0.1, -0.05) is 0 Å². The number of Topliss-reactive ketones (excluding diaryl/α,β-unsaturated/α-hetero) is 1. The molecule has 4 N–H and O–H groups in total. The number of nitrogens with two attached hydrogens (primary N) is 1. The molecule has 0 amide bonds. The van der Waals surface area contributed by atoms with E-state index in [1.807, 2.05) is 0 Å². The molecule has 0 saturated heterocycles. The van der Waals surface area contributed by atoms with Gasteiger partial charge in [-0.05, 0) is 31.2 Å². The molecular formula is C13H14F3NO6. The maximum absolute atomic E-state index is 11.2. The maximum atomic E-state index is 11.2. The van der Waals surface area contributed by atoms with E-state index < -0.39 is 30.8 Å². The van der Waals surface area contributed by atoms with Gasteiger partial charge in [0.25, 0.3) is 0 Å². The molecule has 0 radical (unpaired) electrons. The van der Waals surface area contributed by atoms with E-state index in [0.717, 1.165) is 0 Å². The first kappa shape index (κ1) is 20.5. The second-order valence-electron chi connectivity index (χ2n) is 4.09. The van der Waals surface area contributed by atoms with E-state index in [4.69, 9.17) is 25.5 Å². The lowest BCUT2D eigenvalue weighted by molar-refractivity contribution is -0.192. The third-order valence-electron chi connectivity index (χ3n) is 2.22. The number of carbonyl (C=O) groups excluding carboxylic acids is 2. The molecule has 0 aliphatic heterocycles. The highest BCUT2D eigenvalue weighted by Gasteiger charge is 2.38. The number of hydrogen-bond donors (Lipinski definition) is 3. The van der Waals surface area contributed by atoms with Crippen molar-refractivity contribution in [1.82, 2.24) is 0 Å². The number of alkyl halides is 3. The summed E-state index contributed by atoms with van der Waals surface area (Å²) in [6.07, 6.45) is -5.08. The lowest BCUT2D eigenvalue weighted by Gasteiger charge is -2.08. The molecule has 1 atom stereocenters. The van der Waals surface area contributed by atoms with Gasteiger partial charge < -0.3 is 20.7 Å². The van der Waals surface area contributed by atoms with Crippen molar-refractivity contribution in [2.24, 2.45) is 5.73 Å². The van der Waals surface area contributed by atoms with E-state index in [0.29, 0.717) is 11.3 Å². The summed E-state index contributed by atoms with van der Waals surface area (Å²) < 4.78 is 36.6. The Labute approximate surface area is 128 Å². The standard InChI is InChI=1S/C11H13NO4.C2HF3O2/c1-7(14)8-2-4-9(5-3-8)16-11(15)10(12)6-13;3-2(4,5)1(6)7/h2-5,10,13H,6,12H2,1H3;(H,6,7)/t10-;/m1./s1. The minimum Gasteiger partial charge on any atom is -0.475 e. The smallest absolute Gasteiger partial charge is 0.475 e. The number of benzene rings is 1. The number of ketones is 1. The predicted octanol–water partition coefficient (Wildman–Crippen LogP) is 0.747. The van der Waals surface area contributed by atoms with E-state index in [1.165, 1.54) is 19.1 Å². The van der Waals surface area contributed by atoms with Crippen LogP contribution in [0.15, 0.2) is 24.3 Å². The monoisotopic (exact) mass is 337 g/mol. The van der Waals surface area contributed by atoms with Crippen LogP contribution >= 0.6 is 0 Å². The van der Waals surface area contributed by atoms with Gasteiger partial charge in [0.05, 0.1) is 6.61 Å². The Balaban J connectivity index is 0.000000585. The summed E-state index contributed by atoms with van der Waals surface area (Å²) in [4.78, 5) is 31.1. The van der Waals surface area contributed by atoms with Crippen LogP contribution in [-0.4, -0.2) is 46.8 Å². The van der Waals surface area contributed by atoms with Gasteiger partial charge in [-0.25, -0.2) is 9.59 Å². The Bertz CT molecular complexity index is 556. The van der Waals surface area contributed by atoms with E-state index in [9.17, 15) is 22.8 Å². The molecule has 1 rings (SSSR count). The molecule has 0 heterocycles. The second kappa shape index (κ2) is 8.86. The zero-order chi connectivity index (χ0) is 18.2. The van der Waals surface area contributed by atoms with Crippen LogP contribution in [0.2, 0.25) is 0 Å². The average Bonchev–Trinajstić information content (AvgIpc) is 2.46. The Hall–Kier alpha value is -2.46. The van der Waals surface area contributed by atoms with Crippen molar-refractivity contribution >= 4 is 17.7 Å². The number of aliphatic hydroxyl groups is 1. The van der Waals surface area contributed by atoms with Crippen LogP contribution in [0.4, 0.5) is 13.2 Å². The van der Waals surface area contributed by atoms with Gasteiger partial charge in [-0.3, -0.25) is 4.79 Å². The summed E-state index contributed by atoms with van der Waals surface area (Å²) in [5.74, 6) is -3.24. The van der Waals surface area contributed by atoms with Crippen molar-refractivity contribution < 1.29 is 42.5 Å². The number of carboxylic acids is 1. The van der Waals surface area contributed by atoms with Crippen LogP contribution in [-0.2, 0) is 9.59 Å². The number of carboxylic acid groups (broad SMARTS) is 1. The molecule has 1 aromatic rings. The van der Waals surface area contributed by atoms with Crippen LogP contribution in [0.5, 0.6) is 5.75 Å². The minimum absolute atomic E-state index is 0.0649. The number of rotatable bonds is 4. The van der Waals surface area contributed by atoms with Crippen LogP contribution in [0.3, 0.4) is 0 Å². The summed E-state index contributed by atoms with van der Waals surface area (Å²) in [5, 5.41) is 15.8. The zero-order valence-corrected chi connectivity index (χ0v) is 11.8. The molecule has 0 aliphatic carbocycles. The van der Waals surface area contributed by atoms with Gasteiger partial charge in [-0.2, -0.15) is 13.2 Å². The SMILES string of the molecule is CC(=O)c1ccc(OC(=O)[C@H](N)CO)cc1.O=C(O)C(F)(F)F. The topological polar surface area (TPSA) is 127 Å². The predicted molar refractivity (Wildman–Crippen MR) is 70.8 cm³/mol. The molecule has 0 bridgehead atoms. The first-order chi connectivity index (χ1) is 10.5. The summed E-state index contributed by atoms with van der Waals surface area (Å²) in [6, 6.07) is 5.05.